The highest BCUT2D eigenvalue weighted by Gasteiger charge is 2.25. The van der Waals surface area contributed by atoms with E-state index >= 15 is 0 Å². The highest BCUT2D eigenvalue weighted by molar-refractivity contribution is 5.84. The Morgan fingerprint density at radius 3 is 3.00 bits per heavy atom. The van der Waals surface area contributed by atoms with Crippen LogP contribution in [-0.2, 0) is 0 Å². The summed E-state index contributed by atoms with van der Waals surface area (Å²) in [6.07, 6.45) is 8.11. The normalized spacial score (nSPS) is 14.8. The molecule has 4 heteroatoms. The molecule has 0 atom stereocenters. The second kappa shape index (κ2) is 4.07. The molecule has 2 aromatic heterocycles. The van der Waals surface area contributed by atoms with E-state index in [1.165, 1.54) is 12.8 Å². The van der Waals surface area contributed by atoms with Crippen LogP contribution >= 0.6 is 0 Å². The van der Waals surface area contributed by atoms with Crippen molar-refractivity contribution in [3.8, 4) is 5.69 Å². The lowest BCUT2D eigenvalue weighted by molar-refractivity contribution is 1.04. The molecule has 4 nitrogen and oxygen atoms in total. The number of rotatable bonds is 2. The van der Waals surface area contributed by atoms with Crippen LogP contribution in [0.15, 0.2) is 41.7 Å². The standard InChI is InChI=1S/C16H15N3O/c1-10-6-12-4-5-17-16(20)13(12)7-15(10)19-8-14(18-9-19)11-2-3-11/h4-9,11H,2-3H2,1H3,(H,17,20). The lowest BCUT2D eigenvalue weighted by Gasteiger charge is -2.08. The van der Waals surface area contributed by atoms with Crippen molar-refractivity contribution in [2.24, 2.45) is 0 Å². The first-order chi connectivity index (χ1) is 9.72. The maximum absolute atomic E-state index is 11.9. The summed E-state index contributed by atoms with van der Waals surface area (Å²) < 4.78 is 2.02. The van der Waals surface area contributed by atoms with Crippen LogP contribution in [0.1, 0.15) is 30.0 Å². The predicted molar refractivity (Wildman–Crippen MR) is 78.4 cm³/mol. The molecule has 4 rings (SSSR count). The maximum atomic E-state index is 11.9. The first-order valence-corrected chi connectivity index (χ1v) is 6.89. The van der Waals surface area contributed by atoms with Crippen molar-refractivity contribution < 1.29 is 0 Å². The molecular formula is C16H15N3O. The van der Waals surface area contributed by atoms with Gasteiger partial charge in [-0.25, -0.2) is 4.98 Å². The van der Waals surface area contributed by atoms with Gasteiger partial charge in [0.1, 0.15) is 0 Å². The van der Waals surface area contributed by atoms with Gasteiger partial charge in [-0.15, -0.1) is 0 Å². The summed E-state index contributed by atoms with van der Waals surface area (Å²) >= 11 is 0. The number of aromatic nitrogens is 3. The summed E-state index contributed by atoms with van der Waals surface area (Å²) in [6.45, 7) is 2.06. The SMILES string of the molecule is Cc1cc2cc[nH]c(=O)c2cc1-n1cnc(C2CC2)c1. The van der Waals surface area contributed by atoms with Crippen molar-refractivity contribution >= 4 is 10.8 Å². The van der Waals surface area contributed by atoms with Crippen molar-refractivity contribution in [1.82, 2.24) is 14.5 Å². The number of hydrogen-bond donors (Lipinski definition) is 1. The summed E-state index contributed by atoms with van der Waals surface area (Å²) in [5, 5.41) is 1.69. The van der Waals surface area contributed by atoms with Crippen molar-refractivity contribution in [2.75, 3.05) is 0 Å². The van der Waals surface area contributed by atoms with Gasteiger partial charge in [0.25, 0.3) is 5.56 Å². The molecule has 1 aliphatic carbocycles. The van der Waals surface area contributed by atoms with Crippen molar-refractivity contribution in [3.63, 3.8) is 0 Å². The van der Waals surface area contributed by atoms with Crippen molar-refractivity contribution in [2.45, 2.75) is 25.7 Å². The van der Waals surface area contributed by atoms with Gasteiger partial charge >= 0.3 is 0 Å². The smallest absolute Gasteiger partial charge is 0.255 e. The molecule has 0 aliphatic heterocycles. The van der Waals surface area contributed by atoms with Crippen LogP contribution in [0.4, 0.5) is 0 Å². The Kier molecular flexibility index (Phi) is 2.33. The number of benzene rings is 1. The minimum absolute atomic E-state index is 0.0497. The molecular weight excluding hydrogens is 250 g/mol. The molecule has 1 N–H and O–H groups in total. The molecule has 1 aliphatic rings. The Hall–Kier alpha value is -2.36. The molecule has 0 saturated heterocycles. The van der Waals surface area contributed by atoms with Gasteiger partial charge in [0.15, 0.2) is 0 Å². The summed E-state index contributed by atoms with van der Waals surface area (Å²) in [4.78, 5) is 19.1. The Balaban J connectivity index is 1.91. The number of aryl methyl sites for hydroxylation is 1. The van der Waals surface area contributed by atoms with E-state index in [2.05, 4.69) is 29.2 Å². The molecule has 1 fully saturated rings. The summed E-state index contributed by atoms with van der Waals surface area (Å²) in [5.41, 5.74) is 3.27. The predicted octanol–water partition coefficient (Wildman–Crippen LogP) is 2.90. The zero-order chi connectivity index (χ0) is 13.7. The highest BCUT2D eigenvalue weighted by Crippen LogP contribution is 2.39. The van der Waals surface area contributed by atoms with Gasteiger partial charge in [-0.2, -0.15) is 0 Å². The third-order valence-electron chi connectivity index (χ3n) is 3.97. The number of H-pyrrole nitrogens is 1. The fourth-order valence-corrected chi connectivity index (χ4v) is 2.68. The van der Waals surface area contributed by atoms with Crippen LogP contribution in [-0.4, -0.2) is 14.5 Å². The molecule has 1 saturated carbocycles. The van der Waals surface area contributed by atoms with Crippen LogP contribution in [0.25, 0.3) is 16.5 Å². The van der Waals surface area contributed by atoms with Gasteiger partial charge in [-0.05, 0) is 48.9 Å². The van der Waals surface area contributed by atoms with Crippen LogP contribution in [0, 0.1) is 6.92 Å². The number of pyridine rings is 1. The van der Waals surface area contributed by atoms with Crippen LogP contribution < -0.4 is 5.56 Å². The van der Waals surface area contributed by atoms with Crippen LogP contribution in [0.2, 0.25) is 0 Å². The summed E-state index contributed by atoms with van der Waals surface area (Å²) in [6, 6.07) is 5.93. The van der Waals surface area contributed by atoms with E-state index in [9.17, 15) is 4.79 Å². The summed E-state index contributed by atoms with van der Waals surface area (Å²) in [5.74, 6) is 0.639. The number of nitrogens with one attached hydrogen (secondary N) is 1. The number of hydrogen-bond acceptors (Lipinski definition) is 2. The molecule has 2 heterocycles. The van der Waals surface area contributed by atoms with E-state index in [-0.39, 0.29) is 5.56 Å². The minimum atomic E-state index is -0.0497. The van der Waals surface area contributed by atoms with Gasteiger partial charge in [0.05, 0.1) is 17.7 Å². The average molecular weight is 265 g/mol. The quantitative estimate of drug-likeness (QED) is 0.774. The molecule has 0 unspecified atom stereocenters. The van der Waals surface area contributed by atoms with Gasteiger partial charge in [-0.1, -0.05) is 0 Å². The van der Waals surface area contributed by atoms with E-state index in [1.807, 2.05) is 23.0 Å². The Morgan fingerprint density at radius 2 is 2.20 bits per heavy atom. The zero-order valence-electron chi connectivity index (χ0n) is 11.3. The van der Waals surface area contributed by atoms with E-state index in [0.29, 0.717) is 5.92 Å². The maximum Gasteiger partial charge on any atom is 0.255 e. The van der Waals surface area contributed by atoms with E-state index in [0.717, 1.165) is 27.7 Å². The number of fused-ring (bicyclic) bond motifs is 1. The van der Waals surface area contributed by atoms with E-state index in [1.54, 1.807) is 6.20 Å². The lowest BCUT2D eigenvalue weighted by Crippen LogP contribution is -2.06. The second-order valence-corrected chi connectivity index (χ2v) is 5.51. The molecule has 100 valence electrons. The molecule has 0 radical (unpaired) electrons. The fraction of sp³-hybridized carbons (Fsp3) is 0.250. The van der Waals surface area contributed by atoms with Crippen LogP contribution in [0.3, 0.4) is 0 Å². The molecule has 20 heavy (non-hydrogen) atoms. The molecule has 0 bridgehead atoms. The largest absolute Gasteiger partial charge is 0.329 e. The average Bonchev–Trinajstić information content (AvgIpc) is 3.17. The molecule has 1 aromatic carbocycles. The fourth-order valence-electron chi connectivity index (χ4n) is 2.68. The summed E-state index contributed by atoms with van der Waals surface area (Å²) in [7, 11) is 0. The van der Waals surface area contributed by atoms with Gasteiger partial charge in [0, 0.05) is 23.7 Å². The van der Waals surface area contributed by atoms with Gasteiger partial charge in [-0.3, -0.25) is 4.79 Å². The Morgan fingerprint density at radius 1 is 1.35 bits per heavy atom. The minimum Gasteiger partial charge on any atom is -0.329 e. The zero-order valence-corrected chi connectivity index (χ0v) is 11.3. The topological polar surface area (TPSA) is 50.7 Å². The van der Waals surface area contributed by atoms with Gasteiger partial charge in [0.2, 0.25) is 0 Å². The second-order valence-electron chi connectivity index (χ2n) is 5.51. The first-order valence-electron chi connectivity index (χ1n) is 6.89. The molecule has 0 amide bonds. The van der Waals surface area contributed by atoms with Crippen molar-refractivity contribution in [3.05, 3.63) is 58.5 Å². The molecule has 0 spiro atoms. The number of aromatic amines is 1. The molecule has 3 aromatic rings. The Bertz CT molecular complexity index is 856. The number of imidazole rings is 1. The number of nitrogens with zero attached hydrogens (tertiary/aromatic N) is 2. The third-order valence-corrected chi connectivity index (χ3v) is 3.97. The lowest BCUT2D eigenvalue weighted by atomic mass is 10.1. The van der Waals surface area contributed by atoms with Crippen LogP contribution in [0.5, 0.6) is 0 Å². The monoisotopic (exact) mass is 265 g/mol. The van der Waals surface area contributed by atoms with Gasteiger partial charge < -0.3 is 9.55 Å². The van der Waals surface area contributed by atoms with E-state index in [4.69, 9.17) is 0 Å². The Labute approximate surface area is 116 Å². The third kappa shape index (κ3) is 1.76. The van der Waals surface area contributed by atoms with E-state index < -0.39 is 0 Å². The van der Waals surface area contributed by atoms with Crippen molar-refractivity contribution in [1.29, 1.82) is 0 Å². The highest BCUT2D eigenvalue weighted by atomic mass is 16.1. The first kappa shape index (κ1) is 11.5.